The number of ether oxygens (including phenoxy) is 2. The van der Waals surface area contributed by atoms with Crippen LogP contribution in [0, 0.1) is 0 Å². The zero-order chi connectivity index (χ0) is 13.9. The van der Waals surface area contributed by atoms with Crippen LogP contribution in [0.5, 0.6) is 11.6 Å². The third kappa shape index (κ3) is 3.61. The number of hydrogen-bond acceptors (Lipinski definition) is 3. The summed E-state index contributed by atoms with van der Waals surface area (Å²) >= 11 is 0. The largest absolute Gasteiger partial charge is 0.573 e. The molecular formula is C13H10F3NO2. The van der Waals surface area contributed by atoms with Gasteiger partial charge < -0.3 is 9.47 Å². The second-order valence-electron chi connectivity index (χ2n) is 3.66. The Bertz CT molecular complexity index is 535. The van der Waals surface area contributed by atoms with Gasteiger partial charge >= 0.3 is 6.36 Å². The maximum atomic E-state index is 12.0. The molecule has 0 aliphatic carbocycles. The van der Waals surface area contributed by atoms with Crippen LogP contribution in [0.25, 0.3) is 11.1 Å². The van der Waals surface area contributed by atoms with Crippen molar-refractivity contribution in [1.82, 2.24) is 4.98 Å². The fourth-order valence-electron chi connectivity index (χ4n) is 1.52. The maximum absolute atomic E-state index is 12.0. The SMILES string of the molecule is COc1ccc(-c2ccc(OC(F)(F)F)cc2)cn1. The van der Waals surface area contributed by atoms with Crippen LogP contribution < -0.4 is 9.47 Å². The molecule has 2 aromatic rings. The molecule has 2 rings (SSSR count). The molecule has 0 unspecified atom stereocenters. The molecule has 0 bridgehead atoms. The Hall–Kier alpha value is -2.24. The van der Waals surface area contributed by atoms with Gasteiger partial charge in [-0.1, -0.05) is 12.1 Å². The van der Waals surface area contributed by atoms with Gasteiger partial charge in [-0.3, -0.25) is 0 Å². The van der Waals surface area contributed by atoms with Crippen LogP contribution in [-0.2, 0) is 0 Å². The highest BCUT2D eigenvalue weighted by atomic mass is 19.4. The monoisotopic (exact) mass is 269 g/mol. The van der Waals surface area contributed by atoms with Gasteiger partial charge in [0.15, 0.2) is 0 Å². The minimum absolute atomic E-state index is 0.252. The number of aromatic nitrogens is 1. The van der Waals surface area contributed by atoms with E-state index >= 15 is 0 Å². The molecule has 0 aliphatic rings. The van der Waals surface area contributed by atoms with Gasteiger partial charge in [0.05, 0.1) is 7.11 Å². The third-order valence-electron chi connectivity index (χ3n) is 2.37. The molecule has 0 aliphatic heterocycles. The first-order valence-corrected chi connectivity index (χ1v) is 5.34. The molecule has 3 nitrogen and oxygen atoms in total. The summed E-state index contributed by atoms with van der Waals surface area (Å²) in [4.78, 5) is 4.02. The Kier molecular flexibility index (Phi) is 3.59. The molecular weight excluding hydrogens is 259 g/mol. The average Bonchev–Trinajstić information content (AvgIpc) is 2.38. The standard InChI is InChI=1S/C13H10F3NO2/c1-18-12-7-4-10(8-17-12)9-2-5-11(6-3-9)19-13(14,15)16/h2-8H,1H3. The molecule has 1 heterocycles. The summed E-state index contributed by atoms with van der Waals surface area (Å²) in [5.41, 5.74) is 1.52. The smallest absolute Gasteiger partial charge is 0.481 e. The summed E-state index contributed by atoms with van der Waals surface area (Å²) in [5.74, 6) is 0.221. The molecule has 1 aromatic heterocycles. The van der Waals surface area contributed by atoms with E-state index in [0.29, 0.717) is 5.88 Å². The van der Waals surface area contributed by atoms with Crippen LogP contribution >= 0.6 is 0 Å². The van der Waals surface area contributed by atoms with Crippen LogP contribution in [0.1, 0.15) is 0 Å². The lowest BCUT2D eigenvalue weighted by Gasteiger charge is -2.09. The predicted molar refractivity (Wildman–Crippen MR) is 62.9 cm³/mol. The fourth-order valence-corrected chi connectivity index (χ4v) is 1.52. The van der Waals surface area contributed by atoms with Crippen molar-refractivity contribution in [3.63, 3.8) is 0 Å². The number of alkyl halides is 3. The van der Waals surface area contributed by atoms with Crippen LogP contribution in [-0.4, -0.2) is 18.5 Å². The molecule has 100 valence electrons. The maximum Gasteiger partial charge on any atom is 0.573 e. The first kappa shape index (κ1) is 13.2. The van der Waals surface area contributed by atoms with Crippen molar-refractivity contribution in [2.75, 3.05) is 7.11 Å². The Balaban J connectivity index is 2.17. The summed E-state index contributed by atoms with van der Waals surface area (Å²) < 4.78 is 44.7. The zero-order valence-corrected chi connectivity index (χ0v) is 9.94. The van der Waals surface area contributed by atoms with Gasteiger partial charge in [0.25, 0.3) is 0 Å². The lowest BCUT2D eigenvalue weighted by Crippen LogP contribution is -2.16. The molecule has 0 saturated carbocycles. The van der Waals surface area contributed by atoms with Crippen molar-refractivity contribution >= 4 is 0 Å². The number of methoxy groups -OCH3 is 1. The van der Waals surface area contributed by atoms with Crippen molar-refractivity contribution in [2.45, 2.75) is 6.36 Å². The number of benzene rings is 1. The Labute approximate surface area is 107 Å². The highest BCUT2D eigenvalue weighted by Gasteiger charge is 2.30. The van der Waals surface area contributed by atoms with E-state index in [9.17, 15) is 13.2 Å². The number of pyridine rings is 1. The number of hydrogen-bond donors (Lipinski definition) is 0. The summed E-state index contributed by atoms with van der Waals surface area (Å²) in [5, 5.41) is 0. The van der Waals surface area contributed by atoms with Crippen molar-refractivity contribution in [3.05, 3.63) is 42.6 Å². The second-order valence-corrected chi connectivity index (χ2v) is 3.66. The highest BCUT2D eigenvalue weighted by Crippen LogP contribution is 2.26. The molecule has 0 N–H and O–H groups in total. The van der Waals surface area contributed by atoms with E-state index in [2.05, 4.69) is 9.72 Å². The Morgan fingerprint density at radius 2 is 1.58 bits per heavy atom. The van der Waals surface area contributed by atoms with E-state index in [-0.39, 0.29) is 5.75 Å². The minimum Gasteiger partial charge on any atom is -0.481 e. The minimum atomic E-state index is -4.68. The molecule has 6 heteroatoms. The van der Waals surface area contributed by atoms with Gasteiger partial charge in [0, 0.05) is 17.8 Å². The van der Waals surface area contributed by atoms with Crippen LogP contribution in [0.15, 0.2) is 42.6 Å². The van der Waals surface area contributed by atoms with Crippen molar-refractivity contribution in [1.29, 1.82) is 0 Å². The van der Waals surface area contributed by atoms with E-state index < -0.39 is 6.36 Å². The number of halogens is 3. The molecule has 0 atom stereocenters. The lowest BCUT2D eigenvalue weighted by atomic mass is 10.1. The van der Waals surface area contributed by atoms with Gasteiger partial charge in [-0.05, 0) is 23.8 Å². The van der Waals surface area contributed by atoms with E-state index in [1.807, 2.05) is 0 Å². The molecule has 0 spiro atoms. The second kappa shape index (κ2) is 5.17. The molecule has 19 heavy (non-hydrogen) atoms. The van der Waals surface area contributed by atoms with E-state index in [1.165, 1.54) is 31.4 Å². The number of rotatable bonds is 3. The normalized spacial score (nSPS) is 11.2. The van der Waals surface area contributed by atoms with Crippen molar-refractivity contribution in [2.24, 2.45) is 0 Å². The Morgan fingerprint density at radius 1 is 0.947 bits per heavy atom. The molecule has 0 radical (unpaired) electrons. The fraction of sp³-hybridized carbons (Fsp3) is 0.154. The molecule has 0 fully saturated rings. The summed E-state index contributed by atoms with van der Waals surface area (Å²) in [6, 6.07) is 9.02. The van der Waals surface area contributed by atoms with Gasteiger partial charge in [-0.15, -0.1) is 13.2 Å². The number of nitrogens with zero attached hydrogens (tertiary/aromatic N) is 1. The van der Waals surface area contributed by atoms with Gasteiger partial charge in [-0.25, -0.2) is 4.98 Å². The summed E-state index contributed by atoms with van der Waals surface area (Å²) in [6.45, 7) is 0. The van der Waals surface area contributed by atoms with Crippen LogP contribution in [0.4, 0.5) is 13.2 Å². The lowest BCUT2D eigenvalue weighted by molar-refractivity contribution is -0.274. The van der Waals surface area contributed by atoms with Gasteiger partial charge in [-0.2, -0.15) is 0 Å². The first-order valence-electron chi connectivity index (χ1n) is 5.34. The van der Waals surface area contributed by atoms with E-state index in [1.54, 1.807) is 18.3 Å². The molecule has 0 saturated heterocycles. The molecule has 1 aromatic carbocycles. The first-order chi connectivity index (χ1) is 8.98. The quantitative estimate of drug-likeness (QED) is 0.852. The topological polar surface area (TPSA) is 31.4 Å². The van der Waals surface area contributed by atoms with Crippen molar-refractivity contribution < 1.29 is 22.6 Å². The van der Waals surface area contributed by atoms with Crippen LogP contribution in [0.3, 0.4) is 0 Å². The summed E-state index contributed by atoms with van der Waals surface area (Å²) in [7, 11) is 1.51. The third-order valence-corrected chi connectivity index (χ3v) is 2.37. The Morgan fingerprint density at radius 3 is 2.05 bits per heavy atom. The van der Waals surface area contributed by atoms with Crippen LogP contribution in [0.2, 0.25) is 0 Å². The molecule has 0 amide bonds. The van der Waals surface area contributed by atoms with Gasteiger partial charge in [0.1, 0.15) is 5.75 Å². The average molecular weight is 269 g/mol. The van der Waals surface area contributed by atoms with E-state index in [4.69, 9.17) is 4.74 Å². The van der Waals surface area contributed by atoms with E-state index in [0.717, 1.165) is 11.1 Å². The zero-order valence-electron chi connectivity index (χ0n) is 9.94. The van der Waals surface area contributed by atoms with Crippen molar-refractivity contribution in [3.8, 4) is 22.8 Å². The summed E-state index contributed by atoms with van der Waals surface area (Å²) in [6.07, 6.45) is -3.10. The predicted octanol–water partition coefficient (Wildman–Crippen LogP) is 3.66. The van der Waals surface area contributed by atoms with Gasteiger partial charge in [0.2, 0.25) is 5.88 Å². The highest BCUT2D eigenvalue weighted by molar-refractivity contribution is 5.63.